The number of hydrogen-bond acceptors (Lipinski definition) is 7. The molecular formula is C18H22N6O3. The fraction of sp³-hybridized carbons (Fsp3) is 0.389. The molecule has 1 fully saturated rings. The maximum atomic E-state index is 12.3. The van der Waals surface area contributed by atoms with Gasteiger partial charge in [-0.15, -0.1) is 0 Å². The number of amides is 1. The molecule has 9 heteroatoms. The van der Waals surface area contributed by atoms with E-state index < -0.39 is 4.92 Å². The SMILES string of the molecule is O=C(CCCNc1ccc([N+](=O)[O-])cc1)N1CCN(c2ncccn2)CC1. The van der Waals surface area contributed by atoms with Crippen molar-refractivity contribution in [3.8, 4) is 0 Å². The van der Waals surface area contributed by atoms with Crippen molar-refractivity contribution in [1.29, 1.82) is 0 Å². The lowest BCUT2D eigenvalue weighted by atomic mass is 10.2. The smallest absolute Gasteiger partial charge is 0.269 e. The molecule has 1 amide bonds. The summed E-state index contributed by atoms with van der Waals surface area (Å²) in [6.07, 6.45) is 4.62. The van der Waals surface area contributed by atoms with Crippen LogP contribution in [0.1, 0.15) is 12.8 Å². The van der Waals surface area contributed by atoms with Crippen LogP contribution in [-0.2, 0) is 4.79 Å². The fourth-order valence-corrected chi connectivity index (χ4v) is 2.94. The van der Waals surface area contributed by atoms with E-state index in [1.165, 1.54) is 12.1 Å². The Bertz CT molecular complexity index is 760. The maximum Gasteiger partial charge on any atom is 0.269 e. The van der Waals surface area contributed by atoms with E-state index in [4.69, 9.17) is 0 Å². The lowest BCUT2D eigenvalue weighted by Gasteiger charge is -2.34. The number of hydrogen-bond donors (Lipinski definition) is 1. The van der Waals surface area contributed by atoms with Crippen molar-refractivity contribution in [3.05, 3.63) is 52.8 Å². The Morgan fingerprint density at radius 1 is 1.11 bits per heavy atom. The Balaban J connectivity index is 1.36. The molecular weight excluding hydrogens is 348 g/mol. The van der Waals surface area contributed by atoms with E-state index in [9.17, 15) is 14.9 Å². The second-order valence-corrected chi connectivity index (χ2v) is 6.25. The summed E-state index contributed by atoms with van der Waals surface area (Å²) in [5.41, 5.74) is 0.875. The van der Waals surface area contributed by atoms with E-state index in [0.717, 1.165) is 18.8 Å². The molecule has 3 rings (SSSR count). The van der Waals surface area contributed by atoms with Crippen molar-refractivity contribution in [2.45, 2.75) is 12.8 Å². The monoisotopic (exact) mass is 370 g/mol. The zero-order valence-corrected chi connectivity index (χ0v) is 15.0. The maximum absolute atomic E-state index is 12.3. The summed E-state index contributed by atoms with van der Waals surface area (Å²) in [5, 5.41) is 13.8. The third kappa shape index (κ3) is 5.13. The summed E-state index contributed by atoms with van der Waals surface area (Å²) in [6.45, 7) is 3.45. The summed E-state index contributed by atoms with van der Waals surface area (Å²) in [6, 6.07) is 8.05. The van der Waals surface area contributed by atoms with Gasteiger partial charge < -0.3 is 15.1 Å². The van der Waals surface area contributed by atoms with E-state index >= 15 is 0 Å². The minimum atomic E-state index is -0.424. The van der Waals surface area contributed by atoms with Crippen LogP contribution in [0.4, 0.5) is 17.3 Å². The molecule has 1 aliphatic rings. The third-order valence-corrected chi connectivity index (χ3v) is 4.44. The third-order valence-electron chi connectivity index (χ3n) is 4.44. The Morgan fingerprint density at radius 2 is 1.78 bits per heavy atom. The zero-order valence-electron chi connectivity index (χ0n) is 15.0. The lowest BCUT2D eigenvalue weighted by molar-refractivity contribution is -0.384. The normalized spacial score (nSPS) is 14.1. The summed E-state index contributed by atoms with van der Waals surface area (Å²) in [7, 11) is 0. The topological polar surface area (TPSA) is 104 Å². The number of piperazine rings is 1. The minimum absolute atomic E-state index is 0.0655. The van der Waals surface area contributed by atoms with Gasteiger partial charge in [-0.1, -0.05) is 0 Å². The molecule has 0 spiro atoms. The van der Waals surface area contributed by atoms with Gasteiger partial charge in [0.2, 0.25) is 11.9 Å². The molecule has 1 N–H and O–H groups in total. The summed E-state index contributed by atoms with van der Waals surface area (Å²) in [5.74, 6) is 0.853. The van der Waals surface area contributed by atoms with Crippen LogP contribution in [0.5, 0.6) is 0 Å². The Labute approximate surface area is 157 Å². The first-order valence-corrected chi connectivity index (χ1v) is 8.91. The lowest BCUT2D eigenvalue weighted by Crippen LogP contribution is -2.49. The average molecular weight is 370 g/mol. The molecule has 0 radical (unpaired) electrons. The first-order chi connectivity index (χ1) is 13.1. The predicted octanol–water partition coefficient (Wildman–Crippen LogP) is 1.93. The molecule has 0 saturated carbocycles. The number of nitro groups is 1. The molecule has 1 aromatic carbocycles. The van der Waals surface area contributed by atoms with Gasteiger partial charge in [0, 0.05) is 69.4 Å². The first-order valence-electron chi connectivity index (χ1n) is 8.91. The number of anilines is 2. The number of nitro benzene ring substituents is 1. The van der Waals surface area contributed by atoms with Crippen LogP contribution in [0.25, 0.3) is 0 Å². The Hall–Kier alpha value is -3.23. The molecule has 1 saturated heterocycles. The van der Waals surface area contributed by atoms with Gasteiger partial charge in [-0.25, -0.2) is 9.97 Å². The minimum Gasteiger partial charge on any atom is -0.385 e. The molecule has 9 nitrogen and oxygen atoms in total. The van der Waals surface area contributed by atoms with Crippen molar-refractivity contribution < 1.29 is 9.72 Å². The molecule has 0 atom stereocenters. The summed E-state index contributed by atoms with van der Waals surface area (Å²) >= 11 is 0. The van der Waals surface area contributed by atoms with Gasteiger partial charge in [-0.3, -0.25) is 14.9 Å². The second-order valence-electron chi connectivity index (χ2n) is 6.25. The molecule has 1 aromatic heterocycles. The number of aromatic nitrogens is 2. The van der Waals surface area contributed by atoms with Gasteiger partial charge in [0.1, 0.15) is 0 Å². The highest BCUT2D eigenvalue weighted by atomic mass is 16.6. The van der Waals surface area contributed by atoms with Crippen molar-refractivity contribution >= 4 is 23.2 Å². The second kappa shape index (κ2) is 8.93. The number of rotatable bonds is 7. The molecule has 0 bridgehead atoms. The van der Waals surface area contributed by atoms with Crippen LogP contribution < -0.4 is 10.2 Å². The van der Waals surface area contributed by atoms with Crippen LogP contribution in [0.3, 0.4) is 0 Å². The van der Waals surface area contributed by atoms with Crippen LogP contribution in [-0.4, -0.2) is 58.4 Å². The standard InChI is InChI=1S/C18H22N6O3/c25-17(3-1-8-19-15-4-6-16(7-5-15)24(26)27)22-11-13-23(14-12-22)18-20-9-2-10-21-18/h2,4-7,9-10,19H,1,3,8,11-14H2. The van der Waals surface area contributed by atoms with Gasteiger partial charge in [-0.2, -0.15) is 0 Å². The molecule has 0 unspecified atom stereocenters. The molecule has 0 aliphatic carbocycles. The van der Waals surface area contributed by atoms with Crippen molar-refractivity contribution in [2.75, 3.05) is 42.9 Å². The fourth-order valence-electron chi connectivity index (χ4n) is 2.94. The van der Waals surface area contributed by atoms with E-state index in [0.29, 0.717) is 38.4 Å². The van der Waals surface area contributed by atoms with Crippen LogP contribution in [0.15, 0.2) is 42.7 Å². The van der Waals surface area contributed by atoms with Crippen molar-refractivity contribution in [1.82, 2.24) is 14.9 Å². The van der Waals surface area contributed by atoms with E-state index in [1.54, 1.807) is 30.6 Å². The molecule has 1 aliphatic heterocycles. The molecule has 27 heavy (non-hydrogen) atoms. The van der Waals surface area contributed by atoms with Gasteiger partial charge in [0.05, 0.1) is 4.92 Å². The molecule has 2 aromatic rings. The van der Waals surface area contributed by atoms with E-state index in [-0.39, 0.29) is 11.6 Å². The average Bonchev–Trinajstić information content (AvgIpc) is 2.72. The van der Waals surface area contributed by atoms with Crippen molar-refractivity contribution in [3.63, 3.8) is 0 Å². The number of nitrogens with zero attached hydrogens (tertiary/aromatic N) is 5. The van der Waals surface area contributed by atoms with Gasteiger partial charge >= 0.3 is 0 Å². The highest BCUT2D eigenvalue weighted by molar-refractivity contribution is 5.76. The number of carbonyl (C=O) groups is 1. The summed E-state index contributed by atoms with van der Waals surface area (Å²) < 4.78 is 0. The number of non-ortho nitro benzene ring substituents is 1. The van der Waals surface area contributed by atoms with Crippen LogP contribution in [0.2, 0.25) is 0 Å². The quantitative estimate of drug-likeness (QED) is 0.451. The highest BCUT2D eigenvalue weighted by Gasteiger charge is 2.21. The number of carbonyl (C=O) groups excluding carboxylic acids is 1. The van der Waals surface area contributed by atoms with Crippen LogP contribution >= 0.6 is 0 Å². The number of benzene rings is 1. The highest BCUT2D eigenvalue weighted by Crippen LogP contribution is 2.15. The Morgan fingerprint density at radius 3 is 2.41 bits per heavy atom. The van der Waals surface area contributed by atoms with E-state index in [2.05, 4.69) is 20.2 Å². The van der Waals surface area contributed by atoms with Gasteiger partial charge in [-0.05, 0) is 24.6 Å². The van der Waals surface area contributed by atoms with E-state index in [1.807, 2.05) is 4.90 Å². The van der Waals surface area contributed by atoms with Gasteiger partial charge in [0.15, 0.2) is 0 Å². The Kier molecular flexibility index (Phi) is 6.14. The first kappa shape index (κ1) is 18.6. The molecule has 142 valence electrons. The van der Waals surface area contributed by atoms with Gasteiger partial charge in [0.25, 0.3) is 5.69 Å². The van der Waals surface area contributed by atoms with Crippen molar-refractivity contribution in [2.24, 2.45) is 0 Å². The largest absolute Gasteiger partial charge is 0.385 e. The van der Waals surface area contributed by atoms with Crippen LogP contribution in [0, 0.1) is 10.1 Å². The number of nitrogens with one attached hydrogen (secondary N) is 1. The predicted molar refractivity (Wildman–Crippen MR) is 102 cm³/mol. The zero-order chi connectivity index (χ0) is 19.1. The summed E-state index contributed by atoms with van der Waals surface area (Å²) in [4.78, 5) is 35.0. The molecule has 2 heterocycles.